The van der Waals surface area contributed by atoms with E-state index in [9.17, 15) is 4.79 Å². The molecule has 0 bridgehead atoms. The molecule has 2 amide bonds. The van der Waals surface area contributed by atoms with E-state index in [4.69, 9.17) is 0 Å². The maximum Gasteiger partial charge on any atom is 0.317 e. The Morgan fingerprint density at radius 2 is 1.96 bits per heavy atom. The van der Waals surface area contributed by atoms with E-state index in [2.05, 4.69) is 47.3 Å². The van der Waals surface area contributed by atoms with Gasteiger partial charge in [0, 0.05) is 25.5 Å². The van der Waals surface area contributed by atoms with Gasteiger partial charge < -0.3 is 10.2 Å². The quantitative estimate of drug-likeness (QED) is 0.939. The largest absolute Gasteiger partial charge is 0.338 e. The second kappa shape index (κ2) is 7.43. The van der Waals surface area contributed by atoms with Gasteiger partial charge in [0.2, 0.25) is 0 Å². The first kappa shape index (κ1) is 16.4. The Bertz CT molecular complexity index is 682. The fourth-order valence-electron chi connectivity index (χ4n) is 3.54. The van der Waals surface area contributed by atoms with Crippen molar-refractivity contribution in [3.63, 3.8) is 0 Å². The van der Waals surface area contributed by atoms with Crippen molar-refractivity contribution in [2.24, 2.45) is 0 Å². The van der Waals surface area contributed by atoms with Crippen molar-refractivity contribution in [3.8, 4) is 0 Å². The highest BCUT2D eigenvalue weighted by Gasteiger charge is 2.31. The molecule has 1 fully saturated rings. The smallest absolute Gasteiger partial charge is 0.317 e. The number of hydrogen-bond acceptors (Lipinski definition) is 3. The lowest BCUT2D eigenvalue weighted by atomic mass is 9.94. The minimum absolute atomic E-state index is 0.0250. The van der Waals surface area contributed by atoms with Gasteiger partial charge in [-0.15, -0.1) is 0 Å². The number of urea groups is 1. The Morgan fingerprint density at radius 1 is 1.25 bits per heavy atom. The van der Waals surface area contributed by atoms with Gasteiger partial charge in [-0.1, -0.05) is 18.2 Å². The lowest BCUT2D eigenvalue weighted by molar-refractivity contribution is 0.193. The summed E-state index contributed by atoms with van der Waals surface area (Å²) >= 11 is 0. The molecule has 1 aromatic heterocycles. The number of aryl methyl sites for hydroxylation is 2. The Hall–Kier alpha value is -2.43. The summed E-state index contributed by atoms with van der Waals surface area (Å²) in [4.78, 5) is 22.6. The number of rotatable bonds is 4. The van der Waals surface area contributed by atoms with Crippen molar-refractivity contribution in [2.45, 2.75) is 39.2 Å². The Morgan fingerprint density at radius 3 is 2.67 bits per heavy atom. The summed E-state index contributed by atoms with van der Waals surface area (Å²) in [5.41, 5.74) is 4.87. The van der Waals surface area contributed by atoms with Crippen molar-refractivity contribution < 1.29 is 4.79 Å². The zero-order chi connectivity index (χ0) is 16.9. The van der Waals surface area contributed by atoms with E-state index < -0.39 is 0 Å². The minimum Gasteiger partial charge on any atom is -0.338 e. The van der Waals surface area contributed by atoms with Crippen LogP contribution in [0.4, 0.5) is 4.79 Å². The zero-order valence-corrected chi connectivity index (χ0v) is 14.3. The number of aromatic nitrogens is 2. The molecule has 1 atom stereocenters. The van der Waals surface area contributed by atoms with Crippen LogP contribution >= 0.6 is 0 Å². The standard InChI is InChI=1S/C19H24N4O/c1-14-5-3-6-15(2)18(14)17-7-4-10-23(17)19(24)22-9-8-16-11-20-13-21-12-16/h3,5-6,11-13,17H,4,7-10H2,1-2H3,(H,22,24). The molecule has 0 spiro atoms. The fraction of sp³-hybridized carbons (Fsp3) is 0.421. The average Bonchev–Trinajstić information content (AvgIpc) is 3.05. The number of benzene rings is 1. The molecule has 3 rings (SSSR count). The lowest BCUT2D eigenvalue weighted by Gasteiger charge is -2.27. The summed E-state index contributed by atoms with van der Waals surface area (Å²) in [6.45, 7) is 5.68. The molecular weight excluding hydrogens is 300 g/mol. The van der Waals surface area contributed by atoms with E-state index in [1.54, 1.807) is 12.4 Å². The summed E-state index contributed by atoms with van der Waals surface area (Å²) < 4.78 is 0. The summed E-state index contributed by atoms with van der Waals surface area (Å²) in [5.74, 6) is 0. The summed E-state index contributed by atoms with van der Waals surface area (Å²) in [6, 6.07) is 6.55. The van der Waals surface area contributed by atoms with Gasteiger partial charge >= 0.3 is 6.03 Å². The average molecular weight is 324 g/mol. The van der Waals surface area contributed by atoms with E-state index in [-0.39, 0.29) is 12.1 Å². The molecule has 2 aromatic rings. The fourth-order valence-corrected chi connectivity index (χ4v) is 3.54. The highest BCUT2D eigenvalue weighted by atomic mass is 16.2. The van der Waals surface area contributed by atoms with Crippen LogP contribution in [0.5, 0.6) is 0 Å². The van der Waals surface area contributed by atoms with Gasteiger partial charge in [-0.05, 0) is 55.4 Å². The maximum atomic E-state index is 12.6. The molecule has 1 aliphatic heterocycles. The van der Waals surface area contributed by atoms with Gasteiger partial charge in [0.05, 0.1) is 6.04 Å². The number of nitrogens with one attached hydrogen (secondary N) is 1. The van der Waals surface area contributed by atoms with E-state index in [1.165, 1.54) is 23.0 Å². The second-order valence-corrected chi connectivity index (χ2v) is 6.39. The third-order valence-corrected chi connectivity index (χ3v) is 4.69. The third-order valence-electron chi connectivity index (χ3n) is 4.69. The Labute approximate surface area is 143 Å². The molecule has 0 aliphatic carbocycles. The van der Waals surface area contributed by atoms with E-state index >= 15 is 0 Å². The molecule has 1 N–H and O–H groups in total. The first-order valence-electron chi connectivity index (χ1n) is 8.51. The van der Waals surface area contributed by atoms with Crippen molar-refractivity contribution in [3.05, 3.63) is 59.2 Å². The first-order chi connectivity index (χ1) is 11.7. The van der Waals surface area contributed by atoms with Crippen molar-refractivity contribution >= 4 is 6.03 Å². The van der Waals surface area contributed by atoms with E-state index in [0.29, 0.717) is 6.54 Å². The van der Waals surface area contributed by atoms with Gasteiger partial charge in [-0.3, -0.25) is 0 Å². The number of carbonyl (C=O) groups excluding carboxylic acids is 1. The molecule has 24 heavy (non-hydrogen) atoms. The number of hydrogen-bond donors (Lipinski definition) is 1. The third kappa shape index (κ3) is 3.55. The SMILES string of the molecule is Cc1cccc(C)c1C1CCCN1C(=O)NCCc1cncnc1. The Kier molecular flexibility index (Phi) is 5.08. The van der Waals surface area contributed by atoms with Gasteiger partial charge in [0.25, 0.3) is 0 Å². The van der Waals surface area contributed by atoms with Crippen LogP contribution in [0.15, 0.2) is 36.9 Å². The van der Waals surface area contributed by atoms with Gasteiger partial charge in [-0.2, -0.15) is 0 Å². The highest BCUT2D eigenvalue weighted by Crippen LogP contribution is 2.35. The van der Waals surface area contributed by atoms with Crippen LogP contribution in [-0.4, -0.2) is 34.0 Å². The number of carbonyl (C=O) groups is 1. The van der Waals surface area contributed by atoms with Crippen LogP contribution < -0.4 is 5.32 Å². The van der Waals surface area contributed by atoms with Crippen molar-refractivity contribution in [2.75, 3.05) is 13.1 Å². The molecule has 2 heterocycles. The Balaban J connectivity index is 1.64. The van der Waals surface area contributed by atoms with Crippen molar-refractivity contribution in [1.82, 2.24) is 20.2 Å². The van der Waals surface area contributed by atoms with Crippen LogP contribution in [0.3, 0.4) is 0 Å². The van der Waals surface area contributed by atoms with Gasteiger partial charge in [-0.25, -0.2) is 14.8 Å². The zero-order valence-electron chi connectivity index (χ0n) is 14.3. The second-order valence-electron chi connectivity index (χ2n) is 6.39. The molecular formula is C19H24N4O. The van der Waals surface area contributed by atoms with Crippen LogP contribution in [0.1, 0.15) is 41.1 Å². The predicted molar refractivity (Wildman–Crippen MR) is 93.7 cm³/mol. The van der Waals surface area contributed by atoms with Gasteiger partial charge in [0.1, 0.15) is 6.33 Å². The highest BCUT2D eigenvalue weighted by molar-refractivity contribution is 5.75. The molecule has 0 saturated carbocycles. The van der Waals surface area contributed by atoms with Crippen molar-refractivity contribution in [1.29, 1.82) is 0 Å². The number of likely N-dealkylation sites (tertiary alicyclic amines) is 1. The molecule has 1 aromatic carbocycles. The molecule has 1 aliphatic rings. The van der Waals surface area contributed by atoms with Crippen LogP contribution in [0.2, 0.25) is 0 Å². The molecule has 0 radical (unpaired) electrons. The lowest BCUT2D eigenvalue weighted by Crippen LogP contribution is -2.40. The topological polar surface area (TPSA) is 58.1 Å². The monoisotopic (exact) mass is 324 g/mol. The predicted octanol–water partition coefficient (Wildman–Crippen LogP) is 3.18. The van der Waals surface area contributed by atoms with Gasteiger partial charge in [0.15, 0.2) is 0 Å². The molecule has 1 unspecified atom stereocenters. The van der Waals surface area contributed by atoms with Crippen LogP contribution in [0.25, 0.3) is 0 Å². The van der Waals surface area contributed by atoms with E-state index in [0.717, 1.165) is 31.4 Å². The van der Waals surface area contributed by atoms with Crippen LogP contribution in [-0.2, 0) is 6.42 Å². The molecule has 5 nitrogen and oxygen atoms in total. The minimum atomic E-state index is 0.0250. The molecule has 1 saturated heterocycles. The van der Waals surface area contributed by atoms with E-state index in [1.807, 2.05) is 4.90 Å². The summed E-state index contributed by atoms with van der Waals surface area (Å²) in [5, 5.41) is 3.04. The number of nitrogens with zero attached hydrogens (tertiary/aromatic N) is 3. The van der Waals surface area contributed by atoms with Crippen LogP contribution in [0, 0.1) is 13.8 Å². The first-order valence-corrected chi connectivity index (χ1v) is 8.51. The number of amides is 2. The maximum absolute atomic E-state index is 12.6. The molecule has 126 valence electrons. The summed E-state index contributed by atoms with van der Waals surface area (Å²) in [7, 11) is 0. The normalized spacial score (nSPS) is 17.1. The summed E-state index contributed by atoms with van der Waals surface area (Å²) in [6.07, 6.45) is 7.92. The molecule has 5 heteroatoms.